The van der Waals surface area contributed by atoms with Crippen molar-refractivity contribution >= 4 is 34.0 Å². The molecule has 0 fully saturated rings. The van der Waals surface area contributed by atoms with Crippen LogP contribution in [0.1, 0.15) is 0 Å². The van der Waals surface area contributed by atoms with E-state index in [1.165, 1.54) is 0 Å². The van der Waals surface area contributed by atoms with Crippen molar-refractivity contribution < 1.29 is 4.79 Å². The van der Waals surface area contributed by atoms with E-state index in [1.54, 1.807) is 11.3 Å². The number of hydrogen-bond acceptors (Lipinski definition) is 5. The fraction of sp³-hybridized carbons (Fsp3) is 0. The quantitative estimate of drug-likeness (QED) is 0.818. The summed E-state index contributed by atoms with van der Waals surface area (Å²) in [7, 11) is 0. The van der Waals surface area contributed by atoms with Gasteiger partial charge in [-0.2, -0.15) is 9.36 Å². The van der Waals surface area contributed by atoms with Crippen molar-refractivity contribution in [1.29, 1.82) is 0 Å². The first-order valence-corrected chi connectivity index (χ1v) is 5.35. The zero-order valence-corrected chi connectivity index (χ0v) is 8.56. The molecule has 7 heteroatoms. The van der Waals surface area contributed by atoms with Gasteiger partial charge in [0.1, 0.15) is 0 Å². The molecule has 0 saturated heterocycles. The highest BCUT2D eigenvalue weighted by molar-refractivity contribution is 7.14. The third-order valence-corrected chi connectivity index (χ3v) is 2.89. The van der Waals surface area contributed by atoms with Crippen LogP contribution < -0.4 is 11.1 Å². The Balaban J connectivity index is 2.22. The van der Waals surface area contributed by atoms with E-state index in [2.05, 4.69) is 14.7 Å². The predicted molar refractivity (Wildman–Crippen MR) is 56.4 cm³/mol. The molecular weight excluding hydrogens is 220 g/mol. The standard InChI is InChI=1S/C7H6N4OS2/c8-6(12)10-7-9-5(11-14-7)4-2-1-3-13-4/h1-3H,(H3,8,9,10,11,12). The minimum Gasteiger partial charge on any atom is -0.351 e. The highest BCUT2D eigenvalue weighted by Gasteiger charge is 2.07. The van der Waals surface area contributed by atoms with E-state index in [0.717, 1.165) is 16.4 Å². The molecular formula is C7H6N4OS2. The summed E-state index contributed by atoms with van der Waals surface area (Å²) in [4.78, 5) is 15.6. The molecule has 0 aromatic carbocycles. The summed E-state index contributed by atoms with van der Waals surface area (Å²) in [5.41, 5.74) is 4.94. The lowest BCUT2D eigenvalue weighted by atomic mass is 10.4. The Morgan fingerprint density at radius 2 is 2.43 bits per heavy atom. The van der Waals surface area contributed by atoms with Gasteiger partial charge in [0.2, 0.25) is 5.13 Å². The number of thiophene rings is 1. The number of rotatable bonds is 2. The van der Waals surface area contributed by atoms with Gasteiger partial charge in [-0.15, -0.1) is 11.3 Å². The number of nitrogens with zero attached hydrogens (tertiary/aromatic N) is 2. The van der Waals surface area contributed by atoms with Gasteiger partial charge < -0.3 is 5.73 Å². The number of aromatic nitrogens is 2. The molecule has 0 spiro atoms. The Bertz CT molecular complexity index is 436. The first-order valence-electron chi connectivity index (χ1n) is 3.70. The largest absolute Gasteiger partial charge is 0.351 e. The molecule has 3 N–H and O–H groups in total. The Labute approximate surface area is 87.8 Å². The number of carbonyl (C=O) groups is 1. The van der Waals surface area contributed by atoms with Crippen molar-refractivity contribution in [2.75, 3.05) is 5.32 Å². The van der Waals surface area contributed by atoms with Crippen molar-refractivity contribution in [2.24, 2.45) is 5.73 Å². The second-order valence-corrected chi connectivity index (χ2v) is 4.09. The van der Waals surface area contributed by atoms with Gasteiger partial charge in [0, 0.05) is 11.5 Å². The maximum Gasteiger partial charge on any atom is 0.318 e. The number of urea groups is 1. The van der Waals surface area contributed by atoms with Crippen LogP contribution in [-0.4, -0.2) is 15.4 Å². The third kappa shape index (κ3) is 1.88. The number of nitrogens with two attached hydrogens (primary N) is 1. The van der Waals surface area contributed by atoms with E-state index in [-0.39, 0.29) is 0 Å². The van der Waals surface area contributed by atoms with E-state index in [9.17, 15) is 4.79 Å². The molecule has 0 radical (unpaired) electrons. The van der Waals surface area contributed by atoms with Gasteiger partial charge in [0.25, 0.3) is 0 Å². The number of primary amides is 1. The van der Waals surface area contributed by atoms with Gasteiger partial charge in [0.05, 0.1) is 4.88 Å². The zero-order valence-electron chi connectivity index (χ0n) is 6.93. The predicted octanol–water partition coefficient (Wildman–Crippen LogP) is 1.76. The van der Waals surface area contributed by atoms with Crippen LogP contribution in [0.15, 0.2) is 17.5 Å². The Kier molecular flexibility index (Phi) is 2.42. The van der Waals surface area contributed by atoms with Gasteiger partial charge in [-0.05, 0) is 11.4 Å². The number of nitrogens with one attached hydrogen (secondary N) is 1. The van der Waals surface area contributed by atoms with Gasteiger partial charge in [-0.1, -0.05) is 6.07 Å². The van der Waals surface area contributed by atoms with Gasteiger partial charge in [-0.25, -0.2) is 4.79 Å². The highest BCUT2D eigenvalue weighted by Crippen LogP contribution is 2.24. The Morgan fingerprint density at radius 3 is 3.07 bits per heavy atom. The molecule has 0 saturated carbocycles. The van der Waals surface area contributed by atoms with Gasteiger partial charge in [-0.3, -0.25) is 5.32 Å². The van der Waals surface area contributed by atoms with Crippen LogP contribution in [0.25, 0.3) is 10.7 Å². The minimum atomic E-state index is -0.626. The van der Waals surface area contributed by atoms with E-state index >= 15 is 0 Å². The van der Waals surface area contributed by atoms with Crippen LogP contribution in [0.3, 0.4) is 0 Å². The topological polar surface area (TPSA) is 80.9 Å². The maximum atomic E-state index is 10.5. The molecule has 14 heavy (non-hydrogen) atoms. The van der Waals surface area contributed by atoms with Crippen LogP contribution in [0, 0.1) is 0 Å². The molecule has 0 aliphatic heterocycles. The zero-order chi connectivity index (χ0) is 9.97. The summed E-state index contributed by atoms with van der Waals surface area (Å²) >= 11 is 2.66. The van der Waals surface area contributed by atoms with Crippen LogP contribution in [-0.2, 0) is 0 Å². The van der Waals surface area contributed by atoms with Gasteiger partial charge in [0.15, 0.2) is 5.82 Å². The lowest BCUT2D eigenvalue weighted by Crippen LogP contribution is -2.18. The molecule has 2 aromatic heterocycles. The van der Waals surface area contributed by atoms with Crippen molar-refractivity contribution in [2.45, 2.75) is 0 Å². The van der Waals surface area contributed by atoms with Crippen molar-refractivity contribution in [3.63, 3.8) is 0 Å². The summed E-state index contributed by atoms with van der Waals surface area (Å²) in [6.07, 6.45) is 0. The highest BCUT2D eigenvalue weighted by atomic mass is 32.1. The third-order valence-electron chi connectivity index (χ3n) is 1.40. The van der Waals surface area contributed by atoms with Crippen molar-refractivity contribution in [3.05, 3.63) is 17.5 Å². The monoisotopic (exact) mass is 226 g/mol. The van der Waals surface area contributed by atoms with Crippen LogP contribution in [0.2, 0.25) is 0 Å². The second kappa shape index (κ2) is 3.72. The molecule has 72 valence electrons. The molecule has 2 aromatic rings. The van der Waals surface area contributed by atoms with E-state index in [4.69, 9.17) is 5.73 Å². The lowest BCUT2D eigenvalue weighted by Gasteiger charge is -1.90. The molecule has 0 bridgehead atoms. The number of hydrogen-bond donors (Lipinski definition) is 2. The smallest absolute Gasteiger partial charge is 0.318 e. The van der Waals surface area contributed by atoms with Crippen LogP contribution in [0.4, 0.5) is 9.93 Å². The van der Waals surface area contributed by atoms with Crippen LogP contribution in [0.5, 0.6) is 0 Å². The molecule has 0 aliphatic carbocycles. The minimum absolute atomic E-state index is 0.418. The van der Waals surface area contributed by atoms with Gasteiger partial charge >= 0.3 is 6.03 Å². The van der Waals surface area contributed by atoms with E-state index < -0.39 is 6.03 Å². The summed E-state index contributed by atoms with van der Waals surface area (Å²) in [6, 6.07) is 3.21. The maximum absolute atomic E-state index is 10.5. The molecule has 2 amide bonds. The molecule has 2 rings (SSSR count). The first-order chi connectivity index (χ1) is 6.75. The SMILES string of the molecule is NC(=O)Nc1nc(-c2cccs2)ns1. The fourth-order valence-electron chi connectivity index (χ4n) is 0.886. The first kappa shape index (κ1) is 9.10. The van der Waals surface area contributed by atoms with Crippen LogP contribution >= 0.6 is 22.9 Å². The second-order valence-electron chi connectivity index (χ2n) is 2.39. The van der Waals surface area contributed by atoms with E-state index in [1.807, 2.05) is 17.5 Å². The average molecular weight is 226 g/mol. The Morgan fingerprint density at radius 1 is 1.57 bits per heavy atom. The average Bonchev–Trinajstić information content (AvgIpc) is 2.69. The molecule has 2 heterocycles. The number of anilines is 1. The molecule has 0 aliphatic rings. The van der Waals surface area contributed by atoms with E-state index in [0.29, 0.717) is 11.0 Å². The lowest BCUT2D eigenvalue weighted by molar-refractivity contribution is 0.259. The van der Waals surface area contributed by atoms with Crippen molar-refractivity contribution in [3.8, 4) is 10.7 Å². The summed E-state index contributed by atoms with van der Waals surface area (Å²) in [6.45, 7) is 0. The van der Waals surface area contributed by atoms with Crippen molar-refractivity contribution in [1.82, 2.24) is 9.36 Å². The number of carbonyl (C=O) groups excluding carboxylic acids is 1. The molecule has 0 unspecified atom stereocenters. The number of amides is 2. The fourth-order valence-corrected chi connectivity index (χ4v) is 2.19. The Hall–Kier alpha value is -1.47. The summed E-state index contributed by atoms with van der Waals surface area (Å²) < 4.78 is 4.08. The summed E-state index contributed by atoms with van der Waals surface area (Å²) in [5.74, 6) is 0.619. The molecule has 0 atom stereocenters. The molecule has 5 nitrogen and oxygen atoms in total. The normalized spacial score (nSPS) is 10.0. The summed E-state index contributed by atoms with van der Waals surface area (Å²) in [5, 5.41) is 4.74.